The van der Waals surface area contributed by atoms with Crippen LogP contribution in [0.2, 0.25) is 0 Å². The maximum atomic E-state index is 15.6. The minimum Gasteiger partial charge on any atom is -0.396 e. The van der Waals surface area contributed by atoms with Crippen molar-refractivity contribution in [3.63, 3.8) is 0 Å². The van der Waals surface area contributed by atoms with Crippen molar-refractivity contribution in [3.05, 3.63) is 58.4 Å². The van der Waals surface area contributed by atoms with E-state index in [1.165, 1.54) is 11.8 Å². The fraction of sp³-hybridized carbons (Fsp3) is 0.385. The lowest BCUT2D eigenvalue weighted by Gasteiger charge is -2.32. The molecule has 9 heteroatoms. The molecular formula is C26H30FN5O2S. The Labute approximate surface area is 209 Å². The van der Waals surface area contributed by atoms with Crippen molar-refractivity contribution in [1.82, 2.24) is 15.6 Å². The number of pyridine rings is 1. The van der Waals surface area contributed by atoms with Crippen LogP contribution in [0.1, 0.15) is 31.7 Å². The maximum Gasteiger partial charge on any atom is 0.254 e. The summed E-state index contributed by atoms with van der Waals surface area (Å²) in [6.07, 6.45) is 4.06. The van der Waals surface area contributed by atoms with E-state index >= 15 is 4.39 Å². The minimum absolute atomic E-state index is 0.00290. The lowest BCUT2D eigenvalue weighted by molar-refractivity contribution is -0.117. The molecule has 7 nitrogen and oxygen atoms in total. The Morgan fingerprint density at radius 1 is 1.29 bits per heavy atom. The van der Waals surface area contributed by atoms with Gasteiger partial charge in [-0.1, -0.05) is 36.9 Å². The summed E-state index contributed by atoms with van der Waals surface area (Å²) in [6, 6.07) is 9.52. The number of carbonyl (C=O) groups is 1. The van der Waals surface area contributed by atoms with Crippen molar-refractivity contribution in [1.29, 1.82) is 0 Å². The SMILES string of the molecule is CC/C=C1/C(C(=O)NCCCO)=C2Sc3ccccc3N2c2nc(N3CCCNCC3)c(F)cc21. The van der Waals surface area contributed by atoms with E-state index < -0.39 is 0 Å². The normalized spacial score (nSPS) is 18.3. The molecule has 3 aliphatic heterocycles. The van der Waals surface area contributed by atoms with Gasteiger partial charge in [-0.15, -0.1) is 0 Å². The molecule has 1 fully saturated rings. The van der Waals surface area contributed by atoms with Gasteiger partial charge in [0.15, 0.2) is 11.6 Å². The predicted octanol–water partition coefficient (Wildman–Crippen LogP) is 3.78. The van der Waals surface area contributed by atoms with E-state index in [1.54, 1.807) is 6.07 Å². The molecule has 0 radical (unpaired) electrons. The van der Waals surface area contributed by atoms with E-state index in [0.29, 0.717) is 54.3 Å². The van der Waals surface area contributed by atoms with Crippen molar-refractivity contribution >= 4 is 40.6 Å². The van der Waals surface area contributed by atoms with Crippen LogP contribution < -0.4 is 20.4 Å². The molecule has 0 bridgehead atoms. The van der Waals surface area contributed by atoms with Gasteiger partial charge in [0.2, 0.25) is 0 Å². The number of nitrogens with one attached hydrogen (secondary N) is 2. The van der Waals surface area contributed by atoms with Crippen LogP contribution >= 0.6 is 11.8 Å². The van der Waals surface area contributed by atoms with Crippen molar-refractivity contribution in [2.75, 3.05) is 49.1 Å². The zero-order valence-electron chi connectivity index (χ0n) is 19.8. The Hall–Kier alpha value is -2.88. The van der Waals surface area contributed by atoms with E-state index in [-0.39, 0.29) is 18.3 Å². The highest BCUT2D eigenvalue weighted by Gasteiger charge is 2.40. The van der Waals surface area contributed by atoms with E-state index in [2.05, 4.69) is 10.6 Å². The lowest BCUT2D eigenvalue weighted by Crippen LogP contribution is -2.33. The Bertz CT molecular complexity index is 1190. The molecule has 1 aromatic carbocycles. The van der Waals surface area contributed by atoms with E-state index in [0.717, 1.165) is 41.7 Å². The molecule has 3 aliphatic rings. The summed E-state index contributed by atoms with van der Waals surface area (Å²) in [7, 11) is 0. The van der Waals surface area contributed by atoms with Gasteiger partial charge in [0, 0.05) is 43.2 Å². The number of aromatic nitrogens is 1. The predicted molar refractivity (Wildman–Crippen MR) is 138 cm³/mol. The number of thioether (sulfide) groups is 1. The summed E-state index contributed by atoms with van der Waals surface area (Å²) in [6.45, 7) is 5.49. The molecule has 0 unspecified atom stereocenters. The van der Waals surface area contributed by atoms with Crippen LogP contribution in [0.15, 0.2) is 51.9 Å². The molecule has 1 saturated heterocycles. The second-order valence-electron chi connectivity index (χ2n) is 8.70. The van der Waals surface area contributed by atoms with Crippen LogP contribution in [0, 0.1) is 5.82 Å². The highest BCUT2D eigenvalue weighted by Crippen LogP contribution is 2.56. The van der Waals surface area contributed by atoms with Crippen LogP contribution in [-0.2, 0) is 4.79 Å². The molecule has 35 heavy (non-hydrogen) atoms. The Balaban J connectivity index is 1.68. The number of amides is 1. The highest BCUT2D eigenvalue weighted by molar-refractivity contribution is 8.03. The molecule has 0 aliphatic carbocycles. The third kappa shape index (κ3) is 4.44. The fourth-order valence-electron chi connectivity index (χ4n) is 4.73. The third-order valence-corrected chi connectivity index (χ3v) is 7.48. The summed E-state index contributed by atoms with van der Waals surface area (Å²) >= 11 is 1.54. The van der Waals surface area contributed by atoms with Gasteiger partial charge in [0.05, 0.1) is 16.3 Å². The first-order chi connectivity index (χ1) is 17.1. The summed E-state index contributed by atoms with van der Waals surface area (Å²) in [5.74, 6) is 0.397. The zero-order valence-corrected chi connectivity index (χ0v) is 20.6. The number of hydrogen-bond donors (Lipinski definition) is 3. The Morgan fingerprint density at radius 3 is 2.97 bits per heavy atom. The number of fused-ring (bicyclic) bond motifs is 5. The molecule has 0 saturated carbocycles. The smallest absolute Gasteiger partial charge is 0.254 e. The van der Waals surface area contributed by atoms with Crippen LogP contribution in [-0.4, -0.2) is 55.3 Å². The number of nitrogens with zero attached hydrogens (tertiary/aromatic N) is 3. The fourth-order valence-corrected chi connectivity index (χ4v) is 5.93. The molecule has 4 heterocycles. The van der Waals surface area contributed by atoms with Crippen molar-refractivity contribution in [2.45, 2.75) is 31.1 Å². The van der Waals surface area contributed by atoms with E-state index in [4.69, 9.17) is 10.1 Å². The highest BCUT2D eigenvalue weighted by atomic mass is 32.2. The van der Waals surface area contributed by atoms with Crippen LogP contribution in [0.3, 0.4) is 0 Å². The van der Waals surface area contributed by atoms with Crippen LogP contribution in [0.4, 0.5) is 21.7 Å². The van der Waals surface area contributed by atoms with Crippen molar-refractivity contribution < 1.29 is 14.3 Å². The number of hydrogen-bond acceptors (Lipinski definition) is 7. The van der Waals surface area contributed by atoms with Gasteiger partial charge >= 0.3 is 0 Å². The molecular weight excluding hydrogens is 465 g/mol. The molecule has 184 valence electrons. The first kappa shape index (κ1) is 23.8. The largest absolute Gasteiger partial charge is 0.396 e. The number of aliphatic hydroxyl groups is 1. The van der Waals surface area contributed by atoms with Gasteiger partial charge in [0.25, 0.3) is 5.91 Å². The first-order valence-electron chi connectivity index (χ1n) is 12.2. The minimum atomic E-state index is -0.378. The van der Waals surface area contributed by atoms with Crippen LogP contribution in [0.5, 0.6) is 0 Å². The molecule has 1 amide bonds. The maximum absolute atomic E-state index is 15.6. The summed E-state index contributed by atoms with van der Waals surface area (Å²) < 4.78 is 15.6. The quantitative estimate of drug-likeness (QED) is 0.526. The van der Waals surface area contributed by atoms with E-state index in [1.807, 2.05) is 47.1 Å². The van der Waals surface area contributed by atoms with Gasteiger partial charge in [-0.05, 0) is 49.6 Å². The third-order valence-electron chi connectivity index (χ3n) is 6.33. The van der Waals surface area contributed by atoms with Gasteiger partial charge < -0.3 is 20.6 Å². The molecule has 0 atom stereocenters. The monoisotopic (exact) mass is 495 g/mol. The number of para-hydroxylation sites is 1. The van der Waals surface area contributed by atoms with E-state index in [9.17, 15) is 4.79 Å². The number of benzene rings is 1. The summed E-state index contributed by atoms with van der Waals surface area (Å²) in [5, 5.41) is 16.2. The van der Waals surface area contributed by atoms with Gasteiger partial charge in [-0.3, -0.25) is 9.69 Å². The number of allylic oxidation sites excluding steroid dienone is 1. The Morgan fingerprint density at radius 2 is 2.14 bits per heavy atom. The lowest BCUT2D eigenvalue weighted by atomic mass is 9.93. The number of carbonyl (C=O) groups excluding carboxylic acids is 1. The second-order valence-corrected chi connectivity index (χ2v) is 9.73. The average molecular weight is 496 g/mol. The molecule has 5 rings (SSSR count). The number of aliphatic hydroxyl groups excluding tert-OH is 1. The van der Waals surface area contributed by atoms with Gasteiger partial charge in [-0.2, -0.15) is 0 Å². The zero-order chi connectivity index (χ0) is 24.4. The standard InChI is InChI=1S/C26H30FN5O2S/c1-2-7-17-18-16-19(27)24(31-13-5-10-28-12-14-31)30-23(18)32-20-8-3-4-9-21(20)35-26(32)22(17)25(34)29-11-6-15-33/h3-4,7-9,16,28,33H,2,5-6,10-15H2,1H3,(H,29,34)/b17-7+. The number of halogens is 1. The van der Waals surface area contributed by atoms with Crippen molar-refractivity contribution in [2.24, 2.45) is 0 Å². The first-order valence-corrected chi connectivity index (χ1v) is 13.0. The van der Waals surface area contributed by atoms with Gasteiger partial charge in [0.1, 0.15) is 5.82 Å². The summed E-state index contributed by atoms with van der Waals surface area (Å²) in [4.78, 5) is 23.4. The second kappa shape index (κ2) is 10.4. The number of anilines is 3. The average Bonchev–Trinajstić information content (AvgIpc) is 3.03. The topological polar surface area (TPSA) is 80.7 Å². The van der Waals surface area contributed by atoms with Crippen molar-refractivity contribution in [3.8, 4) is 0 Å². The molecule has 0 spiro atoms. The van der Waals surface area contributed by atoms with Gasteiger partial charge in [-0.25, -0.2) is 9.37 Å². The summed E-state index contributed by atoms with van der Waals surface area (Å²) in [5.41, 5.74) is 2.78. The molecule has 2 aromatic rings. The van der Waals surface area contributed by atoms with Crippen LogP contribution in [0.25, 0.3) is 5.57 Å². The molecule has 3 N–H and O–H groups in total. The number of rotatable bonds is 6. The Kier molecular flexibility index (Phi) is 7.08. The molecule has 1 aromatic heterocycles.